The monoisotopic (exact) mass is 331 g/mol. The number of hydrogen-bond donors (Lipinski definition) is 2. The average Bonchev–Trinajstić information content (AvgIpc) is 3.37. The number of β-amino-alcohol motifs (C(OH)–C–C–N with tert-alkyl or cyclic N) is 1. The van der Waals surface area contributed by atoms with Crippen LogP contribution in [0.4, 0.5) is 0 Å². The first kappa shape index (κ1) is 17.4. The van der Waals surface area contributed by atoms with E-state index < -0.39 is 0 Å². The third-order valence-corrected chi connectivity index (χ3v) is 5.22. The topological polar surface area (TPSA) is 55.8 Å². The van der Waals surface area contributed by atoms with Gasteiger partial charge in [0.1, 0.15) is 0 Å². The summed E-state index contributed by atoms with van der Waals surface area (Å²) < 4.78 is 0. The molecular weight excluding hydrogens is 302 g/mol. The van der Waals surface area contributed by atoms with Crippen molar-refractivity contribution in [3.63, 3.8) is 0 Å². The molecule has 1 heterocycles. The van der Waals surface area contributed by atoms with Gasteiger partial charge in [-0.05, 0) is 25.3 Å². The lowest BCUT2D eigenvalue weighted by Crippen LogP contribution is -2.51. The van der Waals surface area contributed by atoms with Crippen LogP contribution in [0.3, 0.4) is 0 Å². The van der Waals surface area contributed by atoms with E-state index in [1.165, 1.54) is 5.56 Å². The highest BCUT2D eigenvalue weighted by atomic mass is 16.3. The molecule has 24 heavy (non-hydrogen) atoms. The number of nitrogens with one attached hydrogen (secondary N) is 1. The molecule has 1 saturated heterocycles. The molecule has 0 aromatic heterocycles. The van der Waals surface area contributed by atoms with Crippen LogP contribution in [0.2, 0.25) is 0 Å². The number of carbonyl (C=O) groups is 1. The van der Waals surface area contributed by atoms with E-state index in [4.69, 9.17) is 0 Å². The summed E-state index contributed by atoms with van der Waals surface area (Å²) in [5.74, 6) is 0.126. The van der Waals surface area contributed by atoms with E-state index in [2.05, 4.69) is 39.4 Å². The SMILES string of the molecule is C[C@@H](O)CN1CCN(CC(=O)NCC2(c3ccccc3)CC2)CC1. The van der Waals surface area contributed by atoms with Gasteiger partial charge in [0, 0.05) is 44.7 Å². The van der Waals surface area contributed by atoms with Gasteiger partial charge in [0.2, 0.25) is 5.91 Å². The second-order valence-electron chi connectivity index (χ2n) is 7.35. The first-order valence-electron chi connectivity index (χ1n) is 9.02. The van der Waals surface area contributed by atoms with Crippen molar-refractivity contribution in [1.29, 1.82) is 0 Å². The molecule has 132 valence electrons. The summed E-state index contributed by atoms with van der Waals surface area (Å²) in [4.78, 5) is 16.7. The van der Waals surface area contributed by atoms with E-state index in [9.17, 15) is 9.90 Å². The van der Waals surface area contributed by atoms with Gasteiger partial charge in [0.05, 0.1) is 12.6 Å². The maximum atomic E-state index is 12.3. The molecule has 1 aliphatic carbocycles. The quantitative estimate of drug-likeness (QED) is 0.777. The molecular formula is C19H29N3O2. The van der Waals surface area contributed by atoms with Crippen molar-refractivity contribution in [3.05, 3.63) is 35.9 Å². The fraction of sp³-hybridized carbons (Fsp3) is 0.632. The van der Waals surface area contributed by atoms with Crippen LogP contribution in [-0.2, 0) is 10.2 Å². The minimum absolute atomic E-state index is 0.126. The molecule has 1 aromatic carbocycles. The van der Waals surface area contributed by atoms with Crippen LogP contribution in [0.25, 0.3) is 0 Å². The lowest BCUT2D eigenvalue weighted by Gasteiger charge is -2.34. The van der Waals surface area contributed by atoms with Gasteiger partial charge in [-0.1, -0.05) is 30.3 Å². The molecule has 1 atom stereocenters. The van der Waals surface area contributed by atoms with E-state index in [-0.39, 0.29) is 17.4 Å². The summed E-state index contributed by atoms with van der Waals surface area (Å²) in [5, 5.41) is 12.6. The van der Waals surface area contributed by atoms with Crippen molar-refractivity contribution in [2.24, 2.45) is 0 Å². The molecule has 0 bridgehead atoms. The fourth-order valence-corrected chi connectivity index (χ4v) is 3.54. The molecule has 2 N–H and O–H groups in total. The molecule has 1 aromatic rings. The Balaban J connectivity index is 1.39. The number of aliphatic hydroxyl groups excluding tert-OH is 1. The lowest BCUT2D eigenvalue weighted by molar-refractivity contribution is -0.122. The second kappa shape index (κ2) is 7.64. The van der Waals surface area contributed by atoms with Gasteiger partial charge < -0.3 is 10.4 Å². The molecule has 0 radical (unpaired) electrons. The fourth-order valence-electron chi connectivity index (χ4n) is 3.54. The summed E-state index contributed by atoms with van der Waals surface area (Å²) in [5.41, 5.74) is 1.52. The summed E-state index contributed by atoms with van der Waals surface area (Å²) >= 11 is 0. The number of amides is 1. The number of carbonyl (C=O) groups excluding carboxylic acids is 1. The Morgan fingerprint density at radius 3 is 2.38 bits per heavy atom. The van der Waals surface area contributed by atoms with Gasteiger partial charge in [0.15, 0.2) is 0 Å². The minimum atomic E-state index is -0.285. The molecule has 2 aliphatic rings. The van der Waals surface area contributed by atoms with E-state index >= 15 is 0 Å². The Labute approximate surface area is 144 Å². The van der Waals surface area contributed by atoms with Crippen molar-refractivity contribution < 1.29 is 9.90 Å². The van der Waals surface area contributed by atoms with Gasteiger partial charge in [0.25, 0.3) is 0 Å². The number of nitrogens with zero attached hydrogens (tertiary/aromatic N) is 2. The summed E-state index contributed by atoms with van der Waals surface area (Å²) in [6, 6.07) is 10.5. The smallest absolute Gasteiger partial charge is 0.234 e. The Morgan fingerprint density at radius 2 is 1.79 bits per heavy atom. The zero-order chi connectivity index (χ0) is 17.0. The van der Waals surface area contributed by atoms with Crippen LogP contribution in [-0.4, -0.2) is 72.7 Å². The molecule has 1 amide bonds. The number of piperazine rings is 1. The second-order valence-corrected chi connectivity index (χ2v) is 7.35. The van der Waals surface area contributed by atoms with Gasteiger partial charge in [-0.3, -0.25) is 14.6 Å². The van der Waals surface area contributed by atoms with E-state index in [1.807, 2.05) is 13.0 Å². The Hall–Kier alpha value is -1.43. The highest BCUT2D eigenvalue weighted by Gasteiger charge is 2.44. The average molecular weight is 331 g/mol. The summed E-state index contributed by atoms with van der Waals surface area (Å²) in [6.07, 6.45) is 2.04. The molecule has 2 fully saturated rings. The largest absolute Gasteiger partial charge is 0.392 e. The zero-order valence-corrected chi connectivity index (χ0v) is 14.6. The Bertz CT molecular complexity index is 535. The van der Waals surface area contributed by atoms with Crippen LogP contribution in [0.15, 0.2) is 30.3 Å². The number of hydrogen-bond acceptors (Lipinski definition) is 4. The predicted octanol–water partition coefficient (Wildman–Crippen LogP) is 0.833. The number of benzene rings is 1. The first-order chi connectivity index (χ1) is 11.6. The molecule has 0 unspecified atom stereocenters. The van der Waals surface area contributed by atoms with Gasteiger partial charge in [-0.2, -0.15) is 0 Å². The first-order valence-corrected chi connectivity index (χ1v) is 9.02. The van der Waals surface area contributed by atoms with Crippen LogP contribution >= 0.6 is 0 Å². The van der Waals surface area contributed by atoms with Crippen LogP contribution in [0.5, 0.6) is 0 Å². The summed E-state index contributed by atoms with van der Waals surface area (Å²) in [7, 11) is 0. The van der Waals surface area contributed by atoms with Crippen LogP contribution in [0.1, 0.15) is 25.3 Å². The van der Waals surface area contributed by atoms with Crippen molar-refractivity contribution in [1.82, 2.24) is 15.1 Å². The van der Waals surface area contributed by atoms with Gasteiger partial charge in [-0.15, -0.1) is 0 Å². The molecule has 5 heteroatoms. The summed E-state index contributed by atoms with van der Waals surface area (Å²) in [6.45, 7) is 7.40. The molecule has 1 saturated carbocycles. The molecule has 3 rings (SSSR count). The van der Waals surface area contributed by atoms with E-state index in [1.54, 1.807) is 0 Å². The van der Waals surface area contributed by atoms with Crippen molar-refractivity contribution in [2.75, 3.05) is 45.8 Å². The number of aliphatic hydroxyl groups is 1. The van der Waals surface area contributed by atoms with Crippen LogP contribution < -0.4 is 5.32 Å². The van der Waals surface area contributed by atoms with E-state index in [0.717, 1.165) is 52.1 Å². The molecule has 0 spiro atoms. The Morgan fingerprint density at radius 1 is 1.17 bits per heavy atom. The third kappa shape index (κ3) is 4.56. The maximum Gasteiger partial charge on any atom is 0.234 e. The van der Waals surface area contributed by atoms with Crippen molar-refractivity contribution in [3.8, 4) is 0 Å². The van der Waals surface area contributed by atoms with Gasteiger partial charge in [-0.25, -0.2) is 0 Å². The third-order valence-electron chi connectivity index (χ3n) is 5.22. The molecule has 1 aliphatic heterocycles. The van der Waals surface area contributed by atoms with E-state index in [0.29, 0.717) is 6.54 Å². The van der Waals surface area contributed by atoms with Crippen LogP contribution in [0, 0.1) is 0 Å². The lowest BCUT2D eigenvalue weighted by atomic mass is 9.96. The highest BCUT2D eigenvalue weighted by Crippen LogP contribution is 2.47. The normalized spacial score (nSPS) is 22.1. The maximum absolute atomic E-state index is 12.3. The standard InChI is InChI=1S/C19H29N3O2/c1-16(23)13-21-9-11-22(12-10-21)14-18(24)20-15-19(7-8-19)17-5-3-2-4-6-17/h2-6,16,23H,7-15H2,1H3,(H,20,24)/t16-/m1/s1. The highest BCUT2D eigenvalue weighted by molar-refractivity contribution is 5.78. The zero-order valence-electron chi connectivity index (χ0n) is 14.6. The van der Waals surface area contributed by atoms with Gasteiger partial charge >= 0.3 is 0 Å². The molecule has 5 nitrogen and oxygen atoms in total. The van der Waals surface area contributed by atoms with Crippen molar-refractivity contribution >= 4 is 5.91 Å². The predicted molar refractivity (Wildman–Crippen MR) is 94.9 cm³/mol. The minimum Gasteiger partial charge on any atom is -0.392 e. The van der Waals surface area contributed by atoms with Crippen molar-refractivity contribution in [2.45, 2.75) is 31.3 Å². The number of rotatable bonds is 7. The Kier molecular flexibility index (Phi) is 5.54.